The molecule has 3 aromatic carbocycles. The highest BCUT2D eigenvalue weighted by Crippen LogP contribution is 2.35. The van der Waals surface area contributed by atoms with Crippen LogP contribution in [-0.4, -0.2) is 81.9 Å². The average molecular weight is 665 g/mol. The number of ether oxygens (including phenoxy) is 4. The Morgan fingerprint density at radius 1 is 0.723 bits per heavy atom. The fourth-order valence-electron chi connectivity index (χ4n) is 4.22. The van der Waals surface area contributed by atoms with E-state index in [2.05, 4.69) is 9.93 Å². The number of aliphatic hydroxyl groups is 3. The molecule has 0 amide bonds. The lowest BCUT2D eigenvalue weighted by Crippen LogP contribution is -2.35. The number of carbonyl (C=O) groups is 3. The predicted octanol–water partition coefficient (Wildman–Crippen LogP) is 2.03. The Kier molecular flexibility index (Phi) is 13.2. The van der Waals surface area contributed by atoms with Crippen LogP contribution >= 0.6 is 0 Å². The lowest BCUT2D eigenvalue weighted by Gasteiger charge is -2.25. The highest BCUT2D eigenvalue weighted by molar-refractivity contribution is 5.74. The van der Waals surface area contributed by atoms with Gasteiger partial charge < -0.3 is 49.4 Å². The van der Waals surface area contributed by atoms with E-state index in [0.29, 0.717) is 11.3 Å². The largest absolute Gasteiger partial charge is 0.497 e. The maximum Gasteiger partial charge on any atom is 0.348 e. The van der Waals surface area contributed by atoms with Crippen LogP contribution in [0.4, 0.5) is 0 Å². The summed E-state index contributed by atoms with van der Waals surface area (Å²) < 4.78 is 20.6. The van der Waals surface area contributed by atoms with Gasteiger partial charge >= 0.3 is 11.9 Å². The molecule has 6 unspecified atom stereocenters. The number of benzene rings is 3. The van der Waals surface area contributed by atoms with Gasteiger partial charge in [0.15, 0.2) is 17.2 Å². The second-order valence-electron chi connectivity index (χ2n) is 9.63. The summed E-state index contributed by atoms with van der Waals surface area (Å²) in [7, 11) is 2.60. The van der Waals surface area contributed by atoms with E-state index < -0.39 is 48.7 Å². The maximum atomic E-state index is 12.0. The van der Waals surface area contributed by atoms with Crippen molar-refractivity contribution < 1.29 is 83.8 Å². The number of carboxylic acids is 2. The summed E-state index contributed by atoms with van der Waals surface area (Å²) >= 11 is 0. The van der Waals surface area contributed by atoms with Crippen LogP contribution in [0.5, 0.6) is 23.0 Å². The first-order chi connectivity index (χ1) is 22.4. The molecule has 3 rings (SSSR count). The van der Waals surface area contributed by atoms with Gasteiger partial charge in [0.1, 0.15) is 24.1 Å². The van der Waals surface area contributed by atoms with Gasteiger partial charge in [0.2, 0.25) is 12.2 Å². The number of hydrogen-bond acceptors (Lipinski definition) is 15. The number of methoxy groups -OCH3 is 2. The third kappa shape index (κ3) is 9.27. The second-order valence-corrected chi connectivity index (χ2v) is 9.63. The molecule has 17 heteroatoms. The van der Waals surface area contributed by atoms with E-state index in [9.17, 15) is 39.9 Å². The third-order valence-corrected chi connectivity index (χ3v) is 6.65. The quantitative estimate of drug-likeness (QED) is 0.0464. The Balaban J connectivity index is 1.80. The molecule has 0 spiro atoms. The molecule has 0 aliphatic heterocycles. The van der Waals surface area contributed by atoms with E-state index >= 15 is 0 Å². The van der Waals surface area contributed by atoms with E-state index in [-0.39, 0.29) is 40.4 Å². The number of aliphatic carboxylic acids is 2. The Labute approximate surface area is 266 Å². The molecular formula is C30H32O17. The maximum absolute atomic E-state index is 12.0. The summed E-state index contributed by atoms with van der Waals surface area (Å²) in [6.45, 7) is 1.44. The first-order valence-electron chi connectivity index (χ1n) is 13.4. The van der Waals surface area contributed by atoms with Crippen molar-refractivity contribution in [2.75, 3.05) is 14.2 Å². The van der Waals surface area contributed by atoms with E-state index in [0.717, 1.165) is 6.07 Å². The summed E-state index contributed by atoms with van der Waals surface area (Å²) in [5.41, 5.74) is 0.512. The summed E-state index contributed by atoms with van der Waals surface area (Å²) in [6, 6.07) is 13.5. The number of carbonyl (C=O) groups excluding carboxylic acids is 1. The van der Waals surface area contributed by atoms with Crippen molar-refractivity contribution in [3.63, 3.8) is 0 Å². The fourth-order valence-corrected chi connectivity index (χ4v) is 4.22. The minimum atomic E-state index is -2.17. The topological polar surface area (TPSA) is 246 Å². The van der Waals surface area contributed by atoms with Crippen molar-refractivity contribution in [2.24, 2.45) is 0 Å². The predicted molar refractivity (Wildman–Crippen MR) is 153 cm³/mol. The summed E-state index contributed by atoms with van der Waals surface area (Å²) in [4.78, 5) is 49.5. The Morgan fingerprint density at radius 3 is 1.91 bits per heavy atom. The molecular weight excluding hydrogens is 632 g/mol. The first kappa shape index (κ1) is 36.5. The number of hydrogen-bond donors (Lipinski definition) is 6. The smallest absolute Gasteiger partial charge is 0.348 e. The van der Waals surface area contributed by atoms with Gasteiger partial charge in [-0.15, -0.1) is 0 Å². The van der Waals surface area contributed by atoms with Crippen molar-refractivity contribution >= 4 is 18.4 Å². The van der Waals surface area contributed by atoms with Crippen molar-refractivity contribution in [2.45, 2.75) is 43.7 Å². The first-order valence-corrected chi connectivity index (χ1v) is 13.4. The fraction of sp³-hybridized carbons (Fsp3) is 0.300. The minimum absolute atomic E-state index is 0.0842. The summed E-state index contributed by atoms with van der Waals surface area (Å²) in [5.74, 6) is -3.13. The van der Waals surface area contributed by atoms with Crippen LogP contribution in [0.1, 0.15) is 40.6 Å². The number of aryl methyl sites for hydroxylation is 1. The van der Waals surface area contributed by atoms with Gasteiger partial charge in [-0.25, -0.2) is 19.7 Å². The van der Waals surface area contributed by atoms with Crippen LogP contribution in [0.2, 0.25) is 0 Å². The standard InChI is InChI=1S/C30H32O17/c1-15-11-17(7-9-20(15)44-47-39)25(34)30(42-14-31)46-45-27(29(37)38)24(33)18-8-10-21(22(13-18)41-3)43-26(28(35)36)23(32)16-5-4-6-19(12-16)40-2/h4-14,23-27,30,32-34,39H,1-3H3,(H,35,36)(H,37,38). The van der Waals surface area contributed by atoms with Gasteiger partial charge in [-0.3, -0.25) is 4.79 Å². The molecule has 0 radical (unpaired) electrons. The van der Waals surface area contributed by atoms with Crippen LogP contribution in [0.15, 0.2) is 60.7 Å². The Bertz CT molecular complexity index is 1510. The molecule has 0 aliphatic carbocycles. The lowest BCUT2D eigenvalue weighted by atomic mass is 10.0. The zero-order valence-corrected chi connectivity index (χ0v) is 25.0. The minimum Gasteiger partial charge on any atom is -0.497 e. The van der Waals surface area contributed by atoms with Crippen LogP contribution in [0.3, 0.4) is 0 Å². The van der Waals surface area contributed by atoms with E-state index in [4.69, 9.17) is 34.0 Å². The van der Waals surface area contributed by atoms with Crippen molar-refractivity contribution in [3.05, 3.63) is 82.9 Å². The summed E-state index contributed by atoms with van der Waals surface area (Å²) in [6.07, 6.45) is -11.3. The molecule has 6 N–H and O–H groups in total. The molecule has 0 bridgehead atoms. The Hall–Kier alpha value is -5.01. The van der Waals surface area contributed by atoms with Gasteiger partial charge in [-0.2, -0.15) is 4.89 Å². The number of carboxylic acid groups (broad SMARTS) is 2. The van der Waals surface area contributed by atoms with E-state index in [1.165, 1.54) is 63.6 Å². The molecule has 17 nitrogen and oxygen atoms in total. The zero-order chi connectivity index (χ0) is 34.7. The van der Waals surface area contributed by atoms with Crippen molar-refractivity contribution in [3.8, 4) is 23.0 Å². The molecule has 0 saturated heterocycles. The van der Waals surface area contributed by atoms with Gasteiger partial charge in [0.25, 0.3) is 12.8 Å². The number of aliphatic hydroxyl groups excluding tert-OH is 3. The van der Waals surface area contributed by atoms with Gasteiger partial charge in [0, 0.05) is 0 Å². The van der Waals surface area contributed by atoms with Crippen LogP contribution in [0, 0.1) is 6.92 Å². The molecule has 0 aliphatic rings. The Morgan fingerprint density at radius 2 is 1.34 bits per heavy atom. The third-order valence-electron chi connectivity index (χ3n) is 6.65. The van der Waals surface area contributed by atoms with Crippen molar-refractivity contribution in [1.82, 2.24) is 0 Å². The molecule has 3 aromatic rings. The number of rotatable bonds is 19. The SMILES string of the molecule is COc1cccc(C(O)C(Oc2ccc(C(O)C(OOC(OC=O)C(O)c3ccc(OOO)c(C)c3)C(=O)O)cc2OC)C(=O)O)c1. The van der Waals surface area contributed by atoms with E-state index in [1.54, 1.807) is 12.1 Å². The van der Waals surface area contributed by atoms with E-state index in [1.807, 2.05) is 0 Å². The lowest BCUT2D eigenvalue weighted by molar-refractivity contribution is -0.439. The molecule has 254 valence electrons. The normalized spacial score (nSPS) is 14.9. The molecule has 0 aromatic heterocycles. The highest BCUT2D eigenvalue weighted by atomic mass is 17.5. The molecule has 0 heterocycles. The average Bonchev–Trinajstić information content (AvgIpc) is 3.06. The molecule has 47 heavy (non-hydrogen) atoms. The molecule has 0 saturated carbocycles. The van der Waals surface area contributed by atoms with Gasteiger partial charge in [-0.1, -0.05) is 24.3 Å². The molecule has 0 fully saturated rings. The van der Waals surface area contributed by atoms with Crippen molar-refractivity contribution in [1.29, 1.82) is 0 Å². The molecule has 6 atom stereocenters. The summed E-state index contributed by atoms with van der Waals surface area (Å²) in [5, 5.41) is 63.9. The monoisotopic (exact) mass is 664 g/mol. The highest BCUT2D eigenvalue weighted by Gasteiger charge is 2.35. The van der Waals surface area contributed by atoms with Crippen LogP contribution < -0.4 is 19.1 Å². The van der Waals surface area contributed by atoms with Gasteiger partial charge in [-0.05, 0) is 70.6 Å². The second kappa shape index (κ2) is 17.1. The zero-order valence-electron chi connectivity index (χ0n) is 25.0. The van der Waals surface area contributed by atoms with Gasteiger partial charge in [0.05, 0.1) is 14.2 Å². The van der Waals surface area contributed by atoms with Crippen LogP contribution in [-0.2, 0) is 33.9 Å². The van der Waals surface area contributed by atoms with Crippen LogP contribution in [0.25, 0.3) is 0 Å².